The third kappa shape index (κ3) is 2.85. The van der Waals surface area contributed by atoms with Crippen LogP contribution < -0.4 is 0 Å². The highest BCUT2D eigenvalue weighted by atomic mass is 16.7. The Morgan fingerprint density at radius 3 is 2.31 bits per heavy atom. The second-order valence-corrected chi connectivity index (χ2v) is 5.44. The number of fused-ring (bicyclic) bond motifs is 1. The summed E-state index contributed by atoms with van der Waals surface area (Å²) in [6.45, 7) is 1.78. The predicted octanol–water partition coefficient (Wildman–Crippen LogP) is 1.53. The molecule has 2 amide bonds. The maximum absolute atomic E-state index is 12.5. The zero-order valence-electron chi connectivity index (χ0n) is 14.1. The number of nitrogens with zero attached hydrogens (tertiary/aromatic N) is 1. The minimum absolute atomic E-state index is 0.174. The van der Waals surface area contributed by atoms with Gasteiger partial charge in [-0.2, -0.15) is 0 Å². The molecule has 0 radical (unpaired) electrons. The maximum Gasteiger partial charge on any atom is 0.358 e. The number of esters is 2. The first-order valence-electron chi connectivity index (χ1n) is 7.81. The fourth-order valence-corrected chi connectivity index (χ4v) is 2.61. The van der Waals surface area contributed by atoms with Crippen molar-refractivity contribution in [1.82, 2.24) is 4.90 Å². The summed E-state index contributed by atoms with van der Waals surface area (Å²) in [5.74, 6) is -2.80. The predicted molar refractivity (Wildman–Crippen MR) is 86.4 cm³/mol. The van der Waals surface area contributed by atoms with E-state index in [4.69, 9.17) is 9.47 Å². The van der Waals surface area contributed by atoms with E-state index in [0.717, 1.165) is 13.4 Å². The number of amides is 2. The van der Waals surface area contributed by atoms with Gasteiger partial charge in [-0.15, -0.1) is 0 Å². The molecule has 0 saturated heterocycles. The van der Waals surface area contributed by atoms with Crippen molar-refractivity contribution >= 4 is 23.8 Å². The second-order valence-electron chi connectivity index (χ2n) is 5.44. The number of cyclic esters (lactones) is 1. The number of carbonyl (C=O) groups is 4. The number of imide groups is 1. The Labute approximate surface area is 148 Å². The molecule has 0 fully saturated rings. The first-order valence-corrected chi connectivity index (χ1v) is 7.81. The lowest BCUT2D eigenvalue weighted by Crippen LogP contribution is -2.34. The molecule has 0 bridgehead atoms. The van der Waals surface area contributed by atoms with E-state index in [2.05, 4.69) is 4.74 Å². The van der Waals surface area contributed by atoms with Gasteiger partial charge in [-0.25, -0.2) is 14.5 Å². The highest BCUT2D eigenvalue weighted by molar-refractivity contribution is 6.24. The number of methoxy groups -OCH3 is 1. The quantitative estimate of drug-likeness (QED) is 0.341. The Bertz CT molecular complexity index is 833. The highest BCUT2D eigenvalue weighted by Gasteiger charge is 2.40. The van der Waals surface area contributed by atoms with Crippen LogP contribution >= 0.6 is 0 Å². The van der Waals surface area contributed by atoms with Crippen LogP contribution in [0.5, 0.6) is 0 Å². The normalized spacial score (nSPS) is 19.2. The summed E-state index contributed by atoms with van der Waals surface area (Å²) in [6, 6.07) is 6.20. The average molecular weight is 357 g/mol. The lowest BCUT2D eigenvalue weighted by Gasteiger charge is -2.16. The van der Waals surface area contributed by atoms with Gasteiger partial charge in [0, 0.05) is 11.6 Å². The first-order chi connectivity index (χ1) is 12.5. The Hall–Kier alpha value is -3.42. The van der Waals surface area contributed by atoms with Gasteiger partial charge in [0.1, 0.15) is 6.26 Å². The number of benzene rings is 1. The topological polar surface area (TPSA) is 99.2 Å². The molecule has 0 spiro atoms. The molecule has 3 rings (SSSR count). The van der Waals surface area contributed by atoms with Gasteiger partial charge in [-0.05, 0) is 18.6 Å². The van der Waals surface area contributed by atoms with Crippen LogP contribution in [0.2, 0.25) is 0 Å². The number of carbonyl (C=O) groups excluding carboxylic acids is 4. The van der Waals surface area contributed by atoms with Crippen LogP contribution in [-0.2, 0) is 23.8 Å². The largest absolute Gasteiger partial charge is 0.464 e. The van der Waals surface area contributed by atoms with Gasteiger partial charge in [-0.1, -0.05) is 19.1 Å². The number of ether oxygens (including phenoxy) is 3. The van der Waals surface area contributed by atoms with E-state index in [-0.39, 0.29) is 11.1 Å². The van der Waals surface area contributed by atoms with E-state index < -0.39 is 35.7 Å². The monoisotopic (exact) mass is 357 g/mol. The molecule has 1 aromatic carbocycles. The van der Waals surface area contributed by atoms with E-state index in [0.29, 0.717) is 16.9 Å². The van der Waals surface area contributed by atoms with Gasteiger partial charge < -0.3 is 14.2 Å². The molecular formula is C18H15NO7. The van der Waals surface area contributed by atoms with Crippen LogP contribution in [0.4, 0.5) is 0 Å². The van der Waals surface area contributed by atoms with Gasteiger partial charge in [0.05, 0.1) is 18.2 Å². The zero-order chi connectivity index (χ0) is 18.8. The Kier molecular flexibility index (Phi) is 4.57. The van der Waals surface area contributed by atoms with Gasteiger partial charge in [0.2, 0.25) is 0 Å². The van der Waals surface area contributed by atoms with Crippen molar-refractivity contribution in [3.8, 4) is 0 Å². The molecule has 8 nitrogen and oxygen atoms in total. The van der Waals surface area contributed by atoms with E-state index in [1.807, 2.05) is 0 Å². The SMILES string of the molecule is CCC1=C[C@@H](O/C=C(/C(=O)OC)N2C(=O)c3ccccc3C2=O)OC1=O. The maximum atomic E-state index is 12.5. The van der Waals surface area contributed by atoms with Crippen LogP contribution in [-0.4, -0.2) is 42.1 Å². The Morgan fingerprint density at radius 1 is 1.19 bits per heavy atom. The Morgan fingerprint density at radius 2 is 1.81 bits per heavy atom. The standard InChI is InChI=1S/C18H15NO7/c1-3-10-8-14(26-17(10)22)25-9-13(18(23)24-2)19-15(20)11-6-4-5-7-12(11)16(19)21/h4-9,14H,3H2,1-2H3/b13-9-/t14-/m0/s1. The lowest BCUT2D eigenvalue weighted by molar-refractivity contribution is -0.152. The summed E-state index contributed by atoms with van der Waals surface area (Å²) >= 11 is 0. The summed E-state index contributed by atoms with van der Waals surface area (Å²) < 4.78 is 14.9. The second kappa shape index (κ2) is 6.83. The van der Waals surface area contributed by atoms with Gasteiger partial charge in [0.15, 0.2) is 5.70 Å². The van der Waals surface area contributed by atoms with Crippen molar-refractivity contribution in [2.24, 2.45) is 0 Å². The molecule has 8 heteroatoms. The van der Waals surface area contributed by atoms with Crippen molar-refractivity contribution in [3.63, 3.8) is 0 Å². The van der Waals surface area contributed by atoms with Crippen LogP contribution in [0.15, 0.2) is 47.9 Å². The van der Waals surface area contributed by atoms with Crippen molar-refractivity contribution < 1.29 is 33.4 Å². The smallest absolute Gasteiger partial charge is 0.358 e. The molecular weight excluding hydrogens is 342 g/mol. The Balaban J connectivity index is 1.90. The first kappa shape index (κ1) is 17.4. The number of hydrogen-bond donors (Lipinski definition) is 0. The molecule has 26 heavy (non-hydrogen) atoms. The molecule has 0 aliphatic carbocycles. The summed E-state index contributed by atoms with van der Waals surface area (Å²) in [5, 5.41) is 0. The molecule has 0 unspecified atom stereocenters. The van der Waals surface area contributed by atoms with Crippen LogP contribution in [0.3, 0.4) is 0 Å². The van der Waals surface area contributed by atoms with E-state index in [1.165, 1.54) is 18.2 Å². The van der Waals surface area contributed by atoms with E-state index in [1.54, 1.807) is 19.1 Å². The molecule has 2 heterocycles. The fourth-order valence-electron chi connectivity index (χ4n) is 2.61. The minimum atomic E-state index is -1.05. The van der Waals surface area contributed by atoms with E-state index >= 15 is 0 Å². The fraction of sp³-hybridized carbons (Fsp3) is 0.222. The van der Waals surface area contributed by atoms with Crippen molar-refractivity contribution in [1.29, 1.82) is 0 Å². The molecule has 2 aliphatic heterocycles. The van der Waals surface area contributed by atoms with Gasteiger partial charge in [-0.3, -0.25) is 9.59 Å². The molecule has 1 aromatic rings. The van der Waals surface area contributed by atoms with Gasteiger partial charge in [0.25, 0.3) is 18.1 Å². The molecule has 2 aliphatic rings. The van der Waals surface area contributed by atoms with E-state index in [9.17, 15) is 19.2 Å². The van der Waals surface area contributed by atoms with Crippen LogP contribution in [0.25, 0.3) is 0 Å². The number of rotatable bonds is 5. The average Bonchev–Trinajstić information content (AvgIpc) is 3.14. The third-order valence-corrected chi connectivity index (χ3v) is 3.95. The van der Waals surface area contributed by atoms with Crippen molar-refractivity contribution in [2.75, 3.05) is 7.11 Å². The zero-order valence-corrected chi connectivity index (χ0v) is 14.1. The summed E-state index contributed by atoms with van der Waals surface area (Å²) in [5.41, 5.74) is 0.373. The van der Waals surface area contributed by atoms with Crippen molar-refractivity contribution in [2.45, 2.75) is 19.6 Å². The third-order valence-electron chi connectivity index (χ3n) is 3.95. The number of hydrogen-bond acceptors (Lipinski definition) is 7. The summed E-state index contributed by atoms with van der Waals surface area (Å²) in [7, 11) is 1.11. The molecule has 0 aromatic heterocycles. The van der Waals surface area contributed by atoms with Gasteiger partial charge >= 0.3 is 11.9 Å². The molecule has 134 valence electrons. The molecule has 1 atom stereocenters. The van der Waals surface area contributed by atoms with Crippen LogP contribution in [0.1, 0.15) is 34.1 Å². The minimum Gasteiger partial charge on any atom is -0.464 e. The molecule has 0 saturated carbocycles. The lowest BCUT2D eigenvalue weighted by atomic mass is 10.1. The molecule has 0 N–H and O–H groups in total. The summed E-state index contributed by atoms with van der Waals surface area (Å²) in [4.78, 5) is 49.4. The van der Waals surface area contributed by atoms with Crippen LogP contribution in [0, 0.1) is 0 Å². The summed E-state index contributed by atoms with van der Waals surface area (Å²) in [6.07, 6.45) is 1.76. The highest BCUT2D eigenvalue weighted by Crippen LogP contribution is 2.27. The van der Waals surface area contributed by atoms with Crippen molar-refractivity contribution in [3.05, 3.63) is 59.0 Å².